The fourth-order valence-electron chi connectivity index (χ4n) is 4.19. The summed E-state index contributed by atoms with van der Waals surface area (Å²) in [5, 5.41) is 30.4. The number of phenolic OH excluding ortho intramolecular Hbond substituents is 3. The van der Waals surface area contributed by atoms with Crippen LogP contribution in [0.1, 0.15) is 36.1 Å². The van der Waals surface area contributed by atoms with Gasteiger partial charge in [-0.25, -0.2) is 0 Å². The van der Waals surface area contributed by atoms with Gasteiger partial charge in [0.15, 0.2) is 11.5 Å². The van der Waals surface area contributed by atoms with Gasteiger partial charge in [-0.05, 0) is 66.3 Å². The number of aromatic hydroxyl groups is 3. The van der Waals surface area contributed by atoms with Gasteiger partial charge in [0.25, 0.3) is 0 Å². The first kappa shape index (κ1) is 19.6. The molecule has 1 heterocycles. The molecular weight excluding hydrogens is 386 g/mol. The highest BCUT2D eigenvalue weighted by Gasteiger charge is 2.35. The van der Waals surface area contributed by atoms with Gasteiger partial charge < -0.3 is 37.8 Å². The molecule has 2 aliphatic rings. The van der Waals surface area contributed by atoms with E-state index in [4.69, 9.17) is 0 Å². The lowest BCUT2D eigenvalue weighted by Gasteiger charge is -2.41. The van der Waals surface area contributed by atoms with Gasteiger partial charge in [0.1, 0.15) is 5.75 Å². The first-order valence-electron chi connectivity index (χ1n) is 8.24. The van der Waals surface area contributed by atoms with E-state index in [1.54, 1.807) is 12.1 Å². The van der Waals surface area contributed by atoms with E-state index in [1.165, 1.54) is 5.56 Å². The zero-order valence-corrected chi connectivity index (χ0v) is 15.7. The number of benzene rings is 2. The van der Waals surface area contributed by atoms with Crippen LogP contribution in [0.2, 0.25) is 0 Å². The van der Waals surface area contributed by atoms with Gasteiger partial charge in [0, 0.05) is 18.2 Å². The van der Waals surface area contributed by atoms with Crippen molar-refractivity contribution in [2.45, 2.75) is 32.2 Å². The van der Waals surface area contributed by atoms with E-state index in [1.807, 2.05) is 12.1 Å². The molecule has 1 aliphatic carbocycles. The average Bonchev–Trinajstić information content (AvgIpc) is 2.53. The van der Waals surface area contributed by atoms with Crippen LogP contribution in [0, 0.1) is 0 Å². The van der Waals surface area contributed by atoms with Crippen molar-refractivity contribution in [3.05, 3.63) is 41.0 Å². The van der Waals surface area contributed by atoms with Crippen LogP contribution in [-0.2, 0) is 12.8 Å². The summed E-state index contributed by atoms with van der Waals surface area (Å²) in [5.74, 6) is 0.0268. The van der Waals surface area contributed by atoms with Crippen molar-refractivity contribution in [2.24, 2.45) is 0 Å². The van der Waals surface area contributed by atoms with E-state index in [9.17, 15) is 15.3 Å². The Morgan fingerprint density at radius 1 is 1.12 bits per heavy atom. The number of hydrogen-bond donors (Lipinski definition) is 3. The minimum Gasteiger partial charge on any atom is -1.00 e. The minimum atomic E-state index is -0.111. The van der Waals surface area contributed by atoms with Crippen LogP contribution in [-0.4, -0.2) is 38.8 Å². The van der Waals surface area contributed by atoms with E-state index in [0.29, 0.717) is 5.56 Å². The minimum absolute atomic E-state index is 0. The monoisotopic (exact) mass is 408 g/mol. The predicted octanol–water partition coefficient (Wildman–Crippen LogP) is -0.485. The molecule has 0 amide bonds. The predicted molar refractivity (Wildman–Crippen MR) is 92.5 cm³/mol. The Morgan fingerprint density at radius 3 is 2.60 bits per heavy atom. The second-order valence-corrected chi connectivity index (χ2v) is 6.54. The maximum Gasteiger partial charge on any atom is 0.165 e. The van der Waals surface area contributed by atoms with Crippen LogP contribution >= 0.6 is 0 Å². The number of halogens is 1. The van der Waals surface area contributed by atoms with Crippen LogP contribution < -0.4 is 17.0 Å². The fraction of sp³-hybridized carbons (Fsp3) is 0.368. The van der Waals surface area contributed by atoms with E-state index >= 15 is 0 Å². The first-order valence-corrected chi connectivity index (χ1v) is 8.24. The molecule has 0 fully saturated rings. The SMILES string of the molecule is CCCN1CCc2cc(O)cc3c2C1Cc1ccc(O)c(O)c1-3.O.[Br-]. The van der Waals surface area contributed by atoms with Gasteiger partial charge in [-0.2, -0.15) is 0 Å². The molecule has 5 N–H and O–H groups in total. The number of phenols is 3. The van der Waals surface area contributed by atoms with Crippen molar-refractivity contribution in [1.82, 2.24) is 4.90 Å². The molecule has 0 saturated carbocycles. The van der Waals surface area contributed by atoms with Crippen molar-refractivity contribution in [1.29, 1.82) is 0 Å². The standard InChI is InChI=1S/C19H21NO3.BrH.H2O/c1-2-6-20-7-5-12-8-13(21)10-14-17(12)15(20)9-11-3-4-16(22)19(23)18(11)14;;/h3-4,8,10,15,21-23H,2,5-7,9H2,1H3;1H;1H2/p-1. The molecule has 5 nitrogen and oxygen atoms in total. The molecule has 6 heteroatoms. The highest BCUT2D eigenvalue weighted by molar-refractivity contribution is 5.83. The molecule has 0 spiro atoms. The molecule has 136 valence electrons. The third-order valence-corrected chi connectivity index (χ3v) is 5.13. The van der Waals surface area contributed by atoms with Gasteiger partial charge in [0.05, 0.1) is 0 Å². The Kier molecular flexibility index (Phi) is 5.66. The lowest BCUT2D eigenvalue weighted by molar-refractivity contribution is -0.00000871. The Balaban J connectivity index is 0.00000113. The Bertz CT molecular complexity index is 793. The van der Waals surface area contributed by atoms with Crippen molar-refractivity contribution < 1.29 is 37.8 Å². The maximum absolute atomic E-state index is 10.4. The average molecular weight is 409 g/mol. The number of nitrogens with zero attached hydrogens (tertiary/aromatic N) is 1. The molecule has 2 aromatic rings. The van der Waals surface area contributed by atoms with E-state index < -0.39 is 0 Å². The van der Waals surface area contributed by atoms with Gasteiger partial charge in [-0.15, -0.1) is 0 Å². The lowest BCUT2D eigenvalue weighted by Crippen LogP contribution is -3.00. The summed E-state index contributed by atoms with van der Waals surface area (Å²) >= 11 is 0. The molecule has 25 heavy (non-hydrogen) atoms. The smallest absolute Gasteiger partial charge is 0.165 e. The van der Waals surface area contributed by atoms with Crippen LogP contribution in [0.15, 0.2) is 24.3 Å². The third-order valence-electron chi connectivity index (χ3n) is 5.13. The zero-order chi connectivity index (χ0) is 16.1. The Morgan fingerprint density at radius 2 is 1.88 bits per heavy atom. The summed E-state index contributed by atoms with van der Waals surface area (Å²) in [4.78, 5) is 2.50. The van der Waals surface area contributed by atoms with Crippen molar-refractivity contribution in [3.8, 4) is 28.4 Å². The summed E-state index contributed by atoms with van der Waals surface area (Å²) in [6.45, 7) is 4.23. The topological polar surface area (TPSA) is 95.4 Å². The normalized spacial score (nSPS) is 17.7. The Hall–Kier alpha value is -1.76. The highest BCUT2D eigenvalue weighted by Crippen LogP contribution is 2.51. The van der Waals surface area contributed by atoms with Gasteiger partial charge in [-0.3, -0.25) is 4.90 Å². The van der Waals surface area contributed by atoms with E-state index in [2.05, 4.69) is 11.8 Å². The molecule has 0 saturated heterocycles. The number of fused-ring (bicyclic) bond motifs is 2. The number of hydrogen-bond acceptors (Lipinski definition) is 4. The molecular formula is C19H23BrNO4-. The van der Waals surface area contributed by atoms with Gasteiger partial charge in [-0.1, -0.05) is 13.0 Å². The summed E-state index contributed by atoms with van der Waals surface area (Å²) in [5.41, 5.74) is 4.92. The van der Waals surface area contributed by atoms with E-state index in [0.717, 1.165) is 49.0 Å². The zero-order valence-electron chi connectivity index (χ0n) is 14.1. The molecule has 1 unspecified atom stereocenters. The van der Waals surface area contributed by atoms with Crippen molar-refractivity contribution in [3.63, 3.8) is 0 Å². The second-order valence-electron chi connectivity index (χ2n) is 6.54. The molecule has 4 rings (SSSR count). The molecule has 0 aromatic heterocycles. The third kappa shape index (κ3) is 2.99. The van der Waals surface area contributed by atoms with Crippen LogP contribution in [0.3, 0.4) is 0 Å². The molecule has 0 radical (unpaired) electrons. The second kappa shape index (κ2) is 7.23. The summed E-state index contributed by atoms with van der Waals surface area (Å²) in [6, 6.07) is 7.29. The molecule has 1 atom stereocenters. The van der Waals surface area contributed by atoms with Crippen LogP contribution in [0.25, 0.3) is 11.1 Å². The lowest BCUT2D eigenvalue weighted by atomic mass is 9.76. The summed E-state index contributed by atoms with van der Waals surface area (Å²) in [6.07, 6.45) is 2.84. The van der Waals surface area contributed by atoms with Crippen LogP contribution in [0.5, 0.6) is 17.2 Å². The van der Waals surface area contributed by atoms with Gasteiger partial charge >= 0.3 is 0 Å². The maximum atomic E-state index is 10.4. The Labute approximate surface area is 157 Å². The summed E-state index contributed by atoms with van der Waals surface area (Å²) in [7, 11) is 0. The number of rotatable bonds is 2. The highest BCUT2D eigenvalue weighted by atomic mass is 79.9. The molecule has 2 aromatic carbocycles. The first-order chi connectivity index (χ1) is 11.1. The molecule has 0 bridgehead atoms. The summed E-state index contributed by atoms with van der Waals surface area (Å²) < 4.78 is 0. The van der Waals surface area contributed by atoms with Gasteiger partial charge in [0.2, 0.25) is 0 Å². The van der Waals surface area contributed by atoms with Crippen molar-refractivity contribution >= 4 is 0 Å². The van der Waals surface area contributed by atoms with Crippen molar-refractivity contribution in [2.75, 3.05) is 13.1 Å². The molecule has 1 aliphatic heterocycles. The van der Waals surface area contributed by atoms with Crippen LogP contribution in [0.4, 0.5) is 0 Å². The quantitative estimate of drug-likeness (QED) is 0.584. The fourth-order valence-corrected chi connectivity index (χ4v) is 4.19. The largest absolute Gasteiger partial charge is 1.00 e. The van der Waals surface area contributed by atoms with E-state index in [-0.39, 0.29) is 45.7 Å².